The predicted octanol–water partition coefficient (Wildman–Crippen LogP) is 2.19. The summed E-state index contributed by atoms with van der Waals surface area (Å²) in [7, 11) is 0. The Balaban J connectivity index is 1.68. The maximum absolute atomic E-state index is 6.02. The SMILES string of the molecule is C1COC2(OC1)[C@@H]1C[C@@H]3CC[C@H]2[C@H]1C3. The van der Waals surface area contributed by atoms with Gasteiger partial charge < -0.3 is 9.47 Å². The lowest BCUT2D eigenvalue weighted by molar-refractivity contribution is -0.381. The van der Waals surface area contributed by atoms with Gasteiger partial charge in [0, 0.05) is 11.8 Å². The average Bonchev–Trinajstić information content (AvgIpc) is 2.45. The van der Waals surface area contributed by atoms with Crippen molar-refractivity contribution < 1.29 is 9.47 Å². The monoisotopic (exact) mass is 194 g/mol. The van der Waals surface area contributed by atoms with E-state index >= 15 is 0 Å². The van der Waals surface area contributed by atoms with Crippen molar-refractivity contribution in [1.82, 2.24) is 0 Å². The van der Waals surface area contributed by atoms with Gasteiger partial charge in [0.25, 0.3) is 0 Å². The van der Waals surface area contributed by atoms with E-state index in [0.29, 0.717) is 0 Å². The van der Waals surface area contributed by atoms with Crippen LogP contribution in [0.15, 0.2) is 0 Å². The van der Waals surface area contributed by atoms with Gasteiger partial charge in [0.05, 0.1) is 13.2 Å². The number of fused-ring (bicyclic) bond motifs is 3. The highest BCUT2D eigenvalue weighted by Gasteiger charge is 2.69. The summed E-state index contributed by atoms with van der Waals surface area (Å²) >= 11 is 0. The van der Waals surface area contributed by atoms with Gasteiger partial charge in [0.15, 0.2) is 5.79 Å². The molecule has 78 valence electrons. The molecule has 0 aromatic carbocycles. The van der Waals surface area contributed by atoms with Crippen molar-refractivity contribution in [3.63, 3.8) is 0 Å². The minimum Gasteiger partial charge on any atom is -0.349 e. The fraction of sp³-hybridized carbons (Fsp3) is 1.00. The molecule has 2 nitrogen and oxygen atoms in total. The summed E-state index contributed by atoms with van der Waals surface area (Å²) in [6.07, 6.45) is 6.76. The second-order valence-corrected chi connectivity index (χ2v) is 5.56. The molecule has 1 spiro atoms. The molecule has 0 aromatic heterocycles. The summed E-state index contributed by atoms with van der Waals surface area (Å²) in [5, 5.41) is 0. The van der Waals surface area contributed by atoms with Crippen molar-refractivity contribution in [2.24, 2.45) is 23.7 Å². The van der Waals surface area contributed by atoms with Crippen LogP contribution >= 0.6 is 0 Å². The highest BCUT2D eigenvalue weighted by atomic mass is 16.7. The second kappa shape index (κ2) is 2.53. The molecule has 0 aromatic rings. The number of hydrogen-bond acceptors (Lipinski definition) is 2. The van der Waals surface area contributed by atoms with Crippen molar-refractivity contribution in [2.45, 2.75) is 37.9 Å². The molecule has 4 aliphatic rings. The molecule has 2 bridgehead atoms. The molecule has 3 saturated carbocycles. The molecular formula is C12H18O2. The van der Waals surface area contributed by atoms with E-state index < -0.39 is 0 Å². The third kappa shape index (κ3) is 0.772. The number of ether oxygens (including phenoxy) is 2. The Hall–Kier alpha value is -0.0800. The molecule has 4 atom stereocenters. The third-order valence-electron chi connectivity index (χ3n) is 5.09. The molecule has 1 aliphatic heterocycles. The molecule has 2 heteroatoms. The van der Waals surface area contributed by atoms with E-state index in [4.69, 9.17) is 9.47 Å². The van der Waals surface area contributed by atoms with Gasteiger partial charge in [-0.15, -0.1) is 0 Å². The van der Waals surface area contributed by atoms with Crippen LogP contribution in [0.5, 0.6) is 0 Å². The van der Waals surface area contributed by atoms with E-state index in [0.717, 1.165) is 43.3 Å². The Labute approximate surface area is 85.0 Å². The zero-order valence-corrected chi connectivity index (χ0v) is 8.58. The van der Waals surface area contributed by atoms with E-state index in [9.17, 15) is 0 Å². The maximum Gasteiger partial charge on any atom is 0.174 e. The highest BCUT2D eigenvalue weighted by molar-refractivity contribution is 5.12. The zero-order valence-electron chi connectivity index (χ0n) is 8.58. The van der Waals surface area contributed by atoms with Crippen LogP contribution in [0.4, 0.5) is 0 Å². The average molecular weight is 194 g/mol. The first-order chi connectivity index (χ1) is 6.90. The first-order valence-electron chi connectivity index (χ1n) is 6.18. The Bertz CT molecular complexity index is 249. The lowest BCUT2D eigenvalue weighted by Gasteiger charge is -2.59. The fourth-order valence-corrected chi connectivity index (χ4v) is 4.60. The van der Waals surface area contributed by atoms with Gasteiger partial charge in [-0.05, 0) is 43.9 Å². The third-order valence-corrected chi connectivity index (χ3v) is 5.09. The summed E-state index contributed by atoms with van der Waals surface area (Å²) in [6.45, 7) is 1.87. The first-order valence-corrected chi connectivity index (χ1v) is 6.18. The van der Waals surface area contributed by atoms with Gasteiger partial charge in [-0.1, -0.05) is 0 Å². The van der Waals surface area contributed by atoms with Crippen LogP contribution in [0.2, 0.25) is 0 Å². The standard InChI is InChI=1S/C12H18O2/c1-4-13-12(14-5-1)10-3-2-8-6-9(10)11(12)7-8/h8-11H,1-7H2/t8-,9-,10+,11-/m1/s1. The molecule has 0 unspecified atom stereocenters. The van der Waals surface area contributed by atoms with Crippen molar-refractivity contribution >= 4 is 0 Å². The van der Waals surface area contributed by atoms with Crippen molar-refractivity contribution in [3.8, 4) is 0 Å². The summed E-state index contributed by atoms with van der Waals surface area (Å²) in [6, 6.07) is 0. The van der Waals surface area contributed by atoms with Gasteiger partial charge in [0.2, 0.25) is 0 Å². The van der Waals surface area contributed by atoms with Crippen LogP contribution < -0.4 is 0 Å². The van der Waals surface area contributed by atoms with Gasteiger partial charge in [-0.2, -0.15) is 0 Å². The summed E-state index contributed by atoms with van der Waals surface area (Å²) < 4.78 is 12.0. The molecule has 0 amide bonds. The van der Waals surface area contributed by atoms with Crippen LogP contribution in [0.1, 0.15) is 32.1 Å². The molecule has 3 aliphatic carbocycles. The normalized spacial score (nSPS) is 53.1. The van der Waals surface area contributed by atoms with Crippen LogP contribution in [-0.2, 0) is 9.47 Å². The Morgan fingerprint density at radius 2 is 1.79 bits per heavy atom. The van der Waals surface area contributed by atoms with Crippen LogP contribution in [-0.4, -0.2) is 19.0 Å². The smallest absolute Gasteiger partial charge is 0.174 e. The van der Waals surface area contributed by atoms with Crippen LogP contribution in [0, 0.1) is 23.7 Å². The van der Waals surface area contributed by atoms with Crippen LogP contribution in [0.3, 0.4) is 0 Å². The molecule has 1 saturated heterocycles. The van der Waals surface area contributed by atoms with E-state index in [1.165, 1.54) is 25.7 Å². The van der Waals surface area contributed by atoms with Crippen LogP contribution in [0.25, 0.3) is 0 Å². The fourth-order valence-electron chi connectivity index (χ4n) is 4.60. The topological polar surface area (TPSA) is 18.5 Å². The lowest BCUT2D eigenvalue weighted by Crippen LogP contribution is -2.65. The molecular weight excluding hydrogens is 176 g/mol. The second-order valence-electron chi connectivity index (χ2n) is 5.56. The van der Waals surface area contributed by atoms with Crippen molar-refractivity contribution in [2.75, 3.05) is 13.2 Å². The van der Waals surface area contributed by atoms with Gasteiger partial charge in [0.1, 0.15) is 0 Å². The summed E-state index contributed by atoms with van der Waals surface area (Å²) in [4.78, 5) is 0. The quantitative estimate of drug-likeness (QED) is 0.588. The molecule has 4 rings (SSSR count). The molecule has 1 heterocycles. The zero-order chi connectivity index (χ0) is 9.17. The van der Waals surface area contributed by atoms with E-state index in [2.05, 4.69) is 0 Å². The highest BCUT2D eigenvalue weighted by Crippen LogP contribution is 2.67. The lowest BCUT2D eigenvalue weighted by atomic mass is 9.58. The molecule has 4 fully saturated rings. The number of rotatable bonds is 0. The van der Waals surface area contributed by atoms with E-state index in [1.807, 2.05) is 0 Å². The molecule has 0 N–H and O–H groups in total. The van der Waals surface area contributed by atoms with Crippen molar-refractivity contribution in [3.05, 3.63) is 0 Å². The minimum atomic E-state index is -0.0891. The van der Waals surface area contributed by atoms with Gasteiger partial charge in [-0.25, -0.2) is 0 Å². The van der Waals surface area contributed by atoms with Crippen molar-refractivity contribution in [1.29, 1.82) is 0 Å². The number of hydrogen-bond donors (Lipinski definition) is 0. The maximum atomic E-state index is 6.02. The Morgan fingerprint density at radius 3 is 2.64 bits per heavy atom. The predicted molar refractivity (Wildman–Crippen MR) is 51.7 cm³/mol. The minimum absolute atomic E-state index is 0.0891. The first kappa shape index (κ1) is 8.12. The van der Waals surface area contributed by atoms with E-state index in [1.54, 1.807) is 0 Å². The summed E-state index contributed by atoms with van der Waals surface area (Å²) in [5.74, 6) is 3.40. The molecule has 0 radical (unpaired) electrons. The van der Waals surface area contributed by atoms with E-state index in [-0.39, 0.29) is 5.79 Å². The molecule has 14 heavy (non-hydrogen) atoms. The Kier molecular flexibility index (Phi) is 1.47. The van der Waals surface area contributed by atoms with Gasteiger partial charge >= 0.3 is 0 Å². The van der Waals surface area contributed by atoms with Gasteiger partial charge in [-0.3, -0.25) is 0 Å². The Morgan fingerprint density at radius 1 is 0.929 bits per heavy atom. The summed E-state index contributed by atoms with van der Waals surface area (Å²) in [5.41, 5.74) is 0. The largest absolute Gasteiger partial charge is 0.349 e.